The second-order valence-corrected chi connectivity index (χ2v) is 7.68. The Morgan fingerprint density at radius 1 is 1.15 bits per heavy atom. The topological polar surface area (TPSA) is 64.1 Å². The third-order valence-corrected chi connectivity index (χ3v) is 5.58. The van der Waals surface area contributed by atoms with E-state index in [0.29, 0.717) is 17.9 Å². The molecule has 0 saturated heterocycles. The first-order chi connectivity index (χ1) is 12.7. The van der Waals surface area contributed by atoms with Gasteiger partial charge >= 0.3 is 0 Å². The van der Waals surface area contributed by atoms with E-state index >= 15 is 0 Å². The lowest BCUT2D eigenvalue weighted by Crippen LogP contribution is -2.02. The molecule has 0 aliphatic rings. The van der Waals surface area contributed by atoms with Crippen molar-refractivity contribution in [1.29, 1.82) is 0 Å². The number of hydrogen-bond donors (Lipinski definition) is 1. The number of thioether (sulfide) groups is 1. The van der Waals surface area contributed by atoms with Crippen LogP contribution in [-0.4, -0.2) is 28.3 Å². The van der Waals surface area contributed by atoms with E-state index in [2.05, 4.69) is 15.5 Å². The normalized spacial score (nSPS) is 10.5. The van der Waals surface area contributed by atoms with Gasteiger partial charge < -0.3 is 10.1 Å². The van der Waals surface area contributed by atoms with Gasteiger partial charge in [-0.1, -0.05) is 41.3 Å². The summed E-state index contributed by atoms with van der Waals surface area (Å²) in [6, 6.07) is 15.2. The summed E-state index contributed by atoms with van der Waals surface area (Å²) < 4.78 is 6.15. The van der Waals surface area contributed by atoms with E-state index in [0.717, 1.165) is 26.5 Å². The van der Waals surface area contributed by atoms with E-state index in [9.17, 15) is 4.79 Å². The number of para-hydroxylation sites is 1. The first kappa shape index (κ1) is 18.4. The Morgan fingerprint density at radius 3 is 2.65 bits per heavy atom. The fourth-order valence-corrected chi connectivity index (χ4v) is 3.92. The minimum absolute atomic E-state index is 0.0571. The molecule has 0 aliphatic carbocycles. The highest BCUT2D eigenvalue weighted by molar-refractivity contribution is 8.01. The van der Waals surface area contributed by atoms with Crippen molar-refractivity contribution < 1.29 is 9.53 Å². The number of aromatic nitrogens is 2. The van der Waals surface area contributed by atoms with Crippen LogP contribution in [0.25, 0.3) is 0 Å². The molecule has 1 N–H and O–H groups in total. The summed E-state index contributed by atoms with van der Waals surface area (Å²) >= 11 is 2.84. The minimum atomic E-state index is 0.0571. The summed E-state index contributed by atoms with van der Waals surface area (Å²) in [6.07, 6.45) is 0. The van der Waals surface area contributed by atoms with Gasteiger partial charge in [-0.3, -0.25) is 4.79 Å². The van der Waals surface area contributed by atoms with Crippen LogP contribution in [0, 0.1) is 6.92 Å². The van der Waals surface area contributed by atoms with Crippen molar-refractivity contribution in [1.82, 2.24) is 10.2 Å². The monoisotopic (exact) mass is 385 g/mol. The van der Waals surface area contributed by atoms with Crippen LogP contribution < -0.4 is 10.1 Å². The average Bonchev–Trinajstić information content (AvgIpc) is 3.10. The Balaban J connectivity index is 1.56. The Bertz CT molecular complexity index is 879. The SMILES string of the molecule is CCOc1ccc(C(=O)CSc2nnc(Nc3ccccc3C)s2)cc1. The third-order valence-electron chi connectivity index (χ3n) is 3.61. The molecule has 0 fully saturated rings. The third kappa shape index (κ3) is 4.83. The lowest BCUT2D eigenvalue weighted by Gasteiger charge is -2.04. The molecule has 7 heteroatoms. The molecule has 1 heterocycles. The van der Waals surface area contributed by atoms with E-state index in [1.54, 1.807) is 12.1 Å². The van der Waals surface area contributed by atoms with Crippen LogP contribution in [0.2, 0.25) is 0 Å². The van der Waals surface area contributed by atoms with Gasteiger partial charge in [0.2, 0.25) is 5.13 Å². The van der Waals surface area contributed by atoms with E-state index < -0.39 is 0 Å². The van der Waals surface area contributed by atoms with Gasteiger partial charge in [-0.15, -0.1) is 10.2 Å². The predicted molar refractivity (Wildman–Crippen MR) is 107 cm³/mol. The molecular weight excluding hydrogens is 366 g/mol. The number of rotatable bonds is 8. The second-order valence-electron chi connectivity index (χ2n) is 5.48. The molecule has 0 spiro atoms. The fraction of sp³-hybridized carbons (Fsp3) is 0.211. The highest BCUT2D eigenvalue weighted by Crippen LogP contribution is 2.29. The van der Waals surface area contributed by atoms with E-state index in [4.69, 9.17) is 4.74 Å². The number of nitrogens with one attached hydrogen (secondary N) is 1. The predicted octanol–water partition coefficient (Wildman–Crippen LogP) is 4.96. The van der Waals surface area contributed by atoms with Crippen LogP contribution in [0.15, 0.2) is 52.9 Å². The standard InChI is InChI=1S/C19H19N3O2S2/c1-3-24-15-10-8-14(9-11-15)17(23)12-25-19-22-21-18(26-19)20-16-7-5-4-6-13(16)2/h4-11H,3,12H2,1-2H3,(H,20,21). The molecule has 3 rings (SSSR count). The number of anilines is 2. The number of benzene rings is 2. The maximum atomic E-state index is 12.3. The molecule has 0 saturated carbocycles. The van der Waals surface area contributed by atoms with Gasteiger partial charge in [-0.05, 0) is 49.7 Å². The molecule has 5 nitrogen and oxygen atoms in total. The van der Waals surface area contributed by atoms with E-state index in [1.165, 1.54) is 23.1 Å². The summed E-state index contributed by atoms with van der Waals surface area (Å²) in [5.41, 5.74) is 2.82. The highest BCUT2D eigenvalue weighted by atomic mass is 32.2. The summed E-state index contributed by atoms with van der Waals surface area (Å²) in [5, 5.41) is 12.3. The van der Waals surface area contributed by atoms with Gasteiger partial charge in [0.15, 0.2) is 10.1 Å². The van der Waals surface area contributed by atoms with Crippen LogP contribution in [-0.2, 0) is 0 Å². The van der Waals surface area contributed by atoms with E-state index in [-0.39, 0.29) is 5.78 Å². The van der Waals surface area contributed by atoms with Gasteiger partial charge in [0, 0.05) is 11.3 Å². The first-order valence-corrected chi connectivity index (χ1v) is 10.0. The number of aryl methyl sites for hydroxylation is 1. The summed E-state index contributed by atoms with van der Waals surface area (Å²) in [6.45, 7) is 4.58. The Morgan fingerprint density at radius 2 is 1.92 bits per heavy atom. The molecule has 0 unspecified atom stereocenters. The van der Waals surface area contributed by atoms with Crippen LogP contribution in [0.5, 0.6) is 5.75 Å². The Kier molecular flexibility index (Phi) is 6.25. The number of hydrogen-bond acceptors (Lipinski definition) is 7. The van der Waals surface area contributed by atoms with Crippen molar-refractivity contribution in [3.05, 3.63) is 59.7 Å². The van der Waals surface area contributed by atoms with Crippen molar-refractivity contribution >= 4 is 39.7 Å². The summed E-state index contributed by atoms with van der Waals surface area (Å²) in [7, 11) is 0. The molecule has 2 aromatic carbocycles. The van der Waals surface area contributed by atoms with E-state index in [1.807, 2.05) is 50.2 Å². The molecule has 134 valence electrons. The quantitative estimate of drug-likeness (QED) is 0.436. The first-order valence-electron chi connectivity index (χ1n) is 8.20. The van der Waals surface area contributed by atoms with Crippen LogP contribution in [0.1, 0.15) is 22.8 Å². The lowest BCUT2D eigenvalue weighted by atomic mass is 10.1. The van der Waals surface area contributed by atoms with Gasteiger partial charge in [0.25, 0.3) is 0 Å². The Hall–Kier alpha value is -2.38. The maximum Gasteiger partial charge on any atom is 0.210 e. The molecular formula is C19H19N3O2S2. The zero-order chi connectivity index (χ0) is 18.4. The van der Waals surface area contributed by atoms with Crippen LogP contribution in [0.3, 0.4) is 0 Å². The number of nitrogens with zero attached hydrogens (tertiary/aromatic N) is 2. The lowest BCUT2D eigenvalue weighted by molar-refractivity contribution is 0.102. The van der Waals surface area contributed by atoms with Gasteiger partial charge in [0.05, 0.1) is 12.4 Å². The Labute approximate surface area is 160 Å². The van der Waals surface area contributed by atoms with Crippen LogP contribution in [0.4, 0.5) is 10.8 Å². The molecule has 0 bridgehead atoms. The number of ketones is 1. The average molecular weight is 386 g/mol. The molecule has 0 amide bonds. The number of carbonyl (C=O) groups excluding carboxylic acids is 1. The van der Waals surface area contributed by atoms with Gasteiger partial charge in [-0.2, -0.15) is 0 Å². The largest absolute Gasteiger partial charge is 0.494 e. The fourth-order valence-electron chi connectivity index (χ4n) is 2.26. The molecule has 3 aromatic rings. The van der Waals surface area contributed by atoms with Crippen molar-refractivity contribution in [2.24, 2.45) is 0 Å². The molecule has 1 aromatic heterocycles. The van der Waals surface area contributed by atoms with Gasteiger partial charge in [-0.25, -0.2) is 0 Å². The smallest absolute Gasteiger partial charge is 0.210 e. The second kappa shape index (κ2) is 8.82. The highest BCUT2D eigenvalue weighted by Gasteiger charge is 2.11. The molecule has 26 heavy (non-hydrogen) atoms. The maximum absolute atomic E-state index is 12.3. The minimum Gasteiger partial charge on any atom is -0.494 e. The summed E-state index contributed by atoms with van der Waals surface area (Å²) in [5.74, 6) is 1.15. The van der Waals surface area contributed by atoms with Gasteiger partial charge in [0.1, 0.15) is 5.75 Å². The molecule has 0 atom stereocenters. The van der Waals surface area contributed by atoms with Crippen LogP contribution >= 0.6 is 23.1 Å². The number of Topliss-reactive ketones (excluding diaryl/α,β-unsaturated/α-hetero) is 1. The molecule has 0 aliphatic heterocycles. The zero-order valence-electron chi connectivity index (χ0n) is 14.6. The number of ether oxygens (including phenoxy) is 1. The van der Waals surface area contributed by atoms with Crippen molar-refractivity contribution in [2.75, 3.05) is 17.7 Å². The molecule has 0 radical (unpaired) electrons. The van der Waals surface area contributed by atoms with Crippen molar-refractivity contribution in [3.63, 3.8) is 0 Å². The van der Waals surface area contributed by atoms with Crippen molar-refractivity contribution in [3.8, 4) is 5.75 Å². The number of carbonyl (C=O) groups is 1. The van der Waals surface area contributed by atoms with Crippen molar-refractivity contribution in [2.45, 2.75) is 18.2 Å². The zero-order valence-corrected chi connectivity index (χ0v) is 16.2. The summed E-state index contributed by atoms with van der Waals surface area (Å²) in [4.78, 5) is 12.3.